The van der Waals surface area contributed by atoms with Gasteiger partial charge in [-0.25, -0.2) is 9.37 Å². The van der Waals surface area contributed by atoms with E-state index in [-0.39, 0.29) is 11.9 Å². The normalized spacial score (nSPS) is 12.4. The van der Waals surface area contributed by atoms with E-state index in [1.165, 1.54) is 13.2 Å². The molecule has 18 heavy (non-hydrogen) atoms. The van der Waals surface area contributed by atoms with Gasteiger partial charge in [-0.3, -0.25) is 0 Å². The second-order valence-electron chi connectivity index (χ2n) is 3.99. The van der Waals surface area contributed by atoms with Gasteiger partial charge in [-0.2, -0.15) is 0 Å². The van der Waals surface area contributed by atoms with E-state index in [9.17, 15) is 4.39 Å². The SMILES string of the molecule is COc1cccc(F)c1C(C)NCc1ncc[nH]1. The lowest BCUT2D eigenvalue weighted by Crippen LogP contribution is -2.20. The number of aromatic nitrogens is 2. The lowest BCUT2D eigenvalue weighted by atomic mass is 10.1. The number of nitrogens with zero attached hydrogens (tertiary/aromatic N) is 1. The van der Waals surface area contributed by atoms with Gasteiger partial charge in [-0.15, -0.1) is 0 Å². The van der Waals surface area contributed by atoms with Crippen molar-refractivity contribution in [1.82, 2.24) is 15.3 Å². The van der Waals surface area contributed by atoms with Gasteiger partial charge in [0.05, 0.1) is 13.7 Å². The van der Waals surface area contributed by atoms with E-state index >= 15 is 0 Å². The average Bonchev–Trinajstić information content (AvgIpc) is 2.88. The van der Waals surface area contributed by atoms with Crippen LogP contribution in [0.2, 0.25) is 0 Å². The van der Waals surface area contributed by atoms with Crippen molar-refractivity contribution in [3.8, 4) is 5.75 Å². The molecule has 0 spiro atoms. The van der Waals surface area contributed by atoms with Gasteiger partial charge in [-0.05, 0) is 19.1 Å². The van der Waals surface area contributed by atoms with Gasteiger partial charge < -0.3 is 15.0 Å². The minimum absolute atomic E-state index is 0.161. The van der Waals surface area contributed by atoms with Crippen molar-refractivity contribution in [3.05, 3.63) is 47.8 Å². The monoisotopic (exact) mass is 249 g/mol. The Hall–Kier alpha value is -1.88. The van der Waals surface area contributed by atoms with Crippen LogP contribution in [0, 0.1) is 5.82 Å². The summed E-state index contributed by atoms with van der Waals surface area (Å²) in [5.41, 5.74) is 0.534. The molecule has 0 amide bonds. The minimum atomic E-state index is -0.270. The maximum atomic E-state index is 13.8. The molecule has 0 saturated carbocycles. The molecule has 0 aliphatic carbocycles. The number of ether oxygens (including phenoxy) is 1. The van der Waals surface area contributed by atoms with Crippen LogP contribution in [0.3, 0.4) is 0 Å². The molecule has 0 saturated heterocycles. The Labute approximate surface area is 105 Å². The lowest BCUT2D eigenvalue weighted by molar-refractivity contribution is 0.393. The van der Waals surface area contributed by atoms with Crippen LogP contribution in [-0.4, -0.2) is 17.1 Å². The highest BCUT2D eigenvalue weighted by Crippen LogP contribution is 2.27. The number of aromatic amines is 1. The van der Waals surface area contributed by atoms with E-state index in [0.29, 0.717) is 17.9 Å². The highest BCUT2D eigenvalue weighted by molar-refractivity contribution is 5.36. The highest BCUT2D eigenvalue weighted by atomic mass is 19.1. The van der Waals surface area contributed by atoms with E-state index < -0.39 is 0 Å². The summed E-state index contributed by atoms with van der Waals surface area (Å²) in [4.78, 5) is 7.09. The third kappa shape index (κ3) is 2.68. The molecule has 0 fully saturated rings. The molecule has 0 aliphatic rings. The van der Waals surface area contributed by atoms with Gasteiger partial charge in [0, 0.05) is 24.0 Å². The number of H-pyrrole nitrogens is 1. The van der Waals surface area contributed by atoms with Gasteiger partial charge in [0.25, 0.3) is 0 Å². The maximum absolute atomic E-state index is 13.8. The van der Waals surface area contributed by atoms with E-state index in [4.69, 9.17) is 4.74 Å². The molecule has 4 nitrogen and oxygen atoms in total. The molecular weight excluding hydrogens is 233 g/mol. The van der Waals surface area contributed by atoms with Gasteiger partial charge in [0.15, 0.2) is 0 Å². The van der Waals surface area contributed by atoms with E-state index in [0.717, 1.165) is 5.82 Å². The zero-order valence-corrected chi connectivity index (χ0v) is 10.4. The summed E-state index contributed by atoms with van der Waals surface area (Å²) in [6, 6.07) is 4.66. The maximum Gasteiger partial charge on any atom is 0.131 e. The molecule has 1 atom stereocenters. The fraction of sp³-hybridized carbons (Fsp3) is 0.308. The zero-order chi connectivity index (χ0) is 13.0. The number of methoxy groups -OCH3 is 1. The average molecular weight is 249 g/mol. The molecule has 1 aromatic heterocycles. The first kappa shape index (κ1) is 12.6. The third-order valence-electron chi connectivity index (χ3n) is 2.80. The third-order valence-corrected chi connectivity index (χ3v) is 2.80. The largest absolute Gasteiger partial charge is 0.496 e. The number of nitrogens with one attached hydrogen (secondary N) is 2. The first-order valence-electron chi connectivity index (χ1n) is 5.76. The number of benzene rings is 1. The van der Waals surface area contributed by atoms with Gasteiger partial charge in [0.1, 0.15) is 17.4 Å². The Kier molecular flexibility index (Phi) is 3.94. The first-order valence-corrected chi connectivity index (χ1v) is 5.76. The summed E-state index contributed by atoms with van der Waals surface area (Å²) in [6.45, 7) is 2.44. The molecule has 5 heteroatoms. The van der Waals surface area contributed by atoms with Crippen LogP contribution in [-0.2, 0) is 6.54 Å². The van der Waals surface area contributed by atoms with Crippen molar-refractivity contribution in [2.75, 3.05) is 7.11 Å². The predicted octanol–water partition coefficient (Wildman–Crippen LogP) is 2.41. The summed E-state index contributed by atoms with van der Waals surface area (Å²) in [7, 11) is 1.54. The number of hydrogen-bond donors (Lipinski definition) is 2. The number of rotatable bonds is 5. The molecule has 2 rings (SSSR count). The standard InChI is InChI=1S/C13H16FN3O/c1-9(17-8-12-15-6-7-16-12)13-10(14)4-3-5-11(13)18-2/h3-7,9,17H,8H2,1-2H3,(H,15,16). The quantitative estimate of drug-likeness (QED) is 0.855. The van der Waals surface area contributed by atoms with E-state index in [2.05, 4.69) is 15.3 Å². The fourth-order valence-corrected chi connectivity index (χ4v) is 1.86. The van der Waals surface area contributed by atoms with Gasteiger partial charge in [-0.1, -0.05) is 6.07 Å². The van der Waals surface area contributed by atoms with Crippen molar-refractivity contribution >= 4 is 0 Å². The van der Waals surface area contributed by atoms with Gasteiger partial charge >= 0.3 is 0 Å². The lowest BCUT2D eigenvalue weighted by Gasteiger charge is -2.17. The molecule has 96 valence electrons. The topological polar surface area (TPSA) is 49.9 Å². The number of hydrogen-bond acceptors (Lipinski definition) is 3. The highest BCUT2D eigenvalue weighted by Gasteiger charge is 2.16. The molecule has 1 unspecified atom stereocenters. The fourth-order valence-electron chi connectivity index (χ4n) is 1.86. The Morgan fingerprint density at radius 1 is 1.50 bits per heavy atom. The van der Waals surface area contributed by atoms with E-state index in [1.807, 2.05) is 6.92 Å². The molecule has 1 heterocycles. The Morgan fingerprint density at radius 2 is 2.33 bits per heavy atom. The van der Waals surface area contributed by atoms with Crippen LogP contribution in [0.5, 0.6) is 5.75 Å². The van der Waals surface area contributed by atoms with Crippen molar-refractivity contribution < 1.29 is 9.13 Å². The minimum Gasteiger partial charge on any atom is -0.496 e. The van der Waals surface area contributed by atoms with Crippen LogP contribution in [0.1, 0.15) is 24.4 Å². The van der Waals surface area contributed by atoms with Crippen molar-refractivity contribution in [2.24, 2.45) is 0 Å². The van der Waals surface area contributed by atoms with Crippen LogP contribution in [0.25, 0.3) is 0 Å². The summed E-state index contributed by atoms with van der Waals surface area (Å²) < 4.78 is 19.0. The summed E-state index contributed by atoms with van der Waals surface area (Å²) in [5.74, 6) is 1.10. The summed E-state index contributed by atoms with van der Waals surface area (Å²) in [6.07, 6.45) is 3.44. The Balaban J connectivity index is 2.10. The van der Waals surface area contributed by atoms with Crippen LogP contribution >= 0.6 is 0 Å². The second kappa shape index (κ2) is 5.64. The smallest absolute Gasteiger partial charge is 0.131 e. The number of imidazole rings is 1. The molecule has 2 aromatic rings. The van der Waals surface area contributed by atoms with Crippen LogP contribution in [0.4, 0.5) is 4.39 Å². The van der Waals surface area contributed by atoms with Crippen LogP contribution < -0.4 is 10.1 Å². The molecule has 0 bridgehead atoms. The van der Waals surface area contributed by atoms with E-state index in [1.54, 1.807) is 24.5 Å². The summed E-state index contributed by atoms with van der Waals surface area (Å²) >= 11 is 0. The predicted molar refractivity (Wildman–Crippen MR) is 66.8 cm³/mol. The Morgan fingerprint density at radius 3 is 3.00 bits per heavy atom. The van der Waals surface area contributed by atoms with Crippen molar-refractivity contribution in [2.45, 2.75) is 19.5 Å². The number of halogens is 1. The van der Waals surface area contributed by atoms with Crippen molar-refractivity contribution in [3.63, 3.8) is 0 Å². The molecular formula is C13H16FN3O. The molecule has 0 radical (unpaired) electrons. The van der Waals surface area contributed by atoms with Gasteiger partial charge in [0.2, 0.25) is 0 Å². The molecule has 1 aromatic carbocycles. The molecule has 0 aliphatic heterocycles. The van der Waals surface area contributed by atoms with Crippen molar-refractivity contribution in [1.29, 1.82) is 0 Å². The summed E-state index contributed by atoms with van der Waals surface area (Å²) in [5, 5.41) is 3.20. The molecule has 2 N–H and O–H groups in total. The first-order chi connectivity index (χ1) is 8.72. The Bertz CT molecular complexity index is 499. The second-order valence-corrected chi connectivity index (χ2v) is 3.99. The van der Waals surface area contributed by atoms with Crippen LogP contribution in [0.15, 0.2) is 30.6 Å². The zero-order valence-electron chi connectivity index (χ0n) is 10.4.